The van der Waals surface area contributed by atoms with Crippen LogP contribution in [-0.4, -0.2) is 65.3 Å². The van der Waals surface area contributed by atoms with Crippen molar-refractivity contribution in [3.8, 4) is 0 Å². The summed E-state index contributed by atoms with van der Waals surface area (Å²) in [4.78, 5) is 41.0. The van der Waals surface area contributed by atoms with Gasteiger partial charge >= 0.3 is 6.18 Å². The van der Waals surface area contributed by atoms with Crippen molar-refractivity contribution in [2.45, 2.75) is 25.1 Å². The van der Waals surface area contributed by atoms with E-state index < -0.39 is 28.4 Å². The number of piperazine rings is 1. The Balaban J connectivity index is 1.44. The molecule has 1 unspecified atom stereocenters. The molecule has 0 spiro atoms. The molecule has 33 heavy (non-hydrogen) atoms. The number of amides is 2. The van der Waals surface area contributed by atoms with E-state index >= 15 is 0 Å². The van der Waals surface area contributed by atoms with E-state index in [2.05, 4.69) is 0 Å². The number of carbonyl (C=O) groups is 2. The lowest BCUT2D eigenvalue weighted by Gasteiger charge is -2.38. The number of rotatable bonds is 4. The molecule has 0 saturated carbocycles. The Bertz CT molecular complexity index is 1050. The van der Waals surface area contributed by atoms with Crippen LogP contribution in [0.25, 0.3) is 0 Å². The largest absolute Gasteiger partial charge is 0.459 e. The van der Waals surface area contributed by atoms with Crippen molar-refractivity contribution in [1.82, 2.24) is 9.80 Å². The highest BCUT2D eigenvalue weighted by molar-refractivity contribution is 5.96. The smallest absolute Gasteiger partial charge is 0.416 e. The Morgan fingerprint density at radius 2 is 1.82 bits per heavy atom. The molecule has 1 aromatic heterocycles. The molecule has 0 radical (unpaired) electrons. The first-order valence-electron chi connectivity index (χ1n) is 10.4. The second-order valence-corrected chi connectivity index (χ2v) is 7.90. The van der Waals surface area contributed by atoms with Crippen molar-refractivity contribution in [2.75, 3.05) is 37.6 Å². The molecule has 0 bridgehead atoms. The van der Waals surface area contributed by atoms with Crippen LogP contribution in [0.15, 0.2) is 41.0 Å². The molecule has 3 heterocycles. The average Bonchev–Trinajstić information content (AvgIpc) is 3.49. The van der Waals surface area contributed by atoms with E-state index in [4.69, 9.17) is 4.42 Å². The first-order chi connectivity index (χ1) is 15.7. The molecule has 2 fully saturated rings. The van der Waals surface area contributed by atoms with Crippen molar-refractivity contribution in [3.63, 3.8) is 0 Å². The standard InChI is InChI=1S/C21H21F3N4O5/c22-21(23,24)14-5-6-15(17(13-14)28(31)32)25-8-10-26(11-9-25)19(29)16-3-1-7-27(16)20(30)18-4-2-12-33-18/h2,4-6,12-13,16H,1,3,7-11H2. The molecule has 2 saturated heterocycles. The van der Waals surface area contributed by atoms with Gasteiger partial charge in [0.05, 0.1) is 16.7 Å². The van der Waals surface area contributed by atoms with Gasteiger partial charge in [-0.1, -0.05) is 0 Å². The number of halogens is 3. The van der Waals surface area contributed by atoms with E-state index in [1.54, 1.807) is 15.9 Å². The van der Waals surface area contributed by atoms with Crippen LogP contribution in [-0.2, 0) is 11.0 Å². The van der Waals surface area contributed by atoms with Crippen molar-refractivity contribution in [3.05, 3.63) is 58.0 Å². The van der Waals surface area contributed by atoms with Gasteiger partial charge in [-0.3, -0.25) is 19.7 Å². The number of nitro groups is 1. The van der Waals surface area contributed by atoms with Crippen molar-refractivity contribution < 1.29 is 32.1 Å². The van der Waals surface area contributed by atoms with Crippen molar-refractivity contribution >= 4 is 23.2 Å². The van der Waals surface area contributed by atoms with Crippen LogP contribution < -0.4 is 4.90 Å². The van der Waals surface area contributed by atoms with Gasteiger partial charge in [-0.2, -0.15) is 13.2 Å². The first kappa shape index (κ1) is 22.6. The fourth-order valence-electron chi connectivity index (χ4n) is 4.30. The number of furan rings is 1. The number of anilines is 1. The number of alkyl halides is 3. The summed E-state index contributed by atoms with van der Waals surface area (Å²) >= 11 is 0. The van der Waals surface area contributed by atoms with Gasteiger partial charge in [0, 0.05) is 38.8 Å². The molecule has 12 heteroatoms. The number of benzene rings is 1. The fraction of sp³-hybridized carbons (Fsp3) is 0.429. The zero-order valence-corrected chi connectivity index (χ0v) is 17.5. The lowest BCUT2D eigenvalue weighted by atomic mass is 10.1. The summed E-state index contributed by atoms with van der Waals surface area (Å²) in [5.41, 5.74) is -1.64. The van der Waals surface area contributed by atoms with Crippen molar-refractivity contribution in [1.29, 1.82) is 0 Å². The van der Waals surface area contributed by atoms with E-state index in [1.165, 1.54) is 17.2 Å². The molecule has 2 aromatic rings. The second-order valence-electron chi connectivity index (χ2n) is 7.90. The Morgan fingerprint density at radius 3 is 2.42 bits per heavy atom. The number of nitrogens with zero attached hydrogens (tertiary/aromatic N) is 4. The molecule has 0 aliphatic carbocycles. The van der Waals surface area contributed by atoms with Crippen molar-refractivity contribution in [2.24, 2.45) is 0 Å². The molecular weight excluding hydrogens is 445 g/mol. The maximum atomic E-state index is 13.1. The summed E-state index contributed by atoms with van der Waals surface area (Å²) < 4.78 is 44.0. The van der Waals surface area contributed by atoms with Crippen LogP contribution in [0.4, 0.5) is 24.5 Å². The number of carbonyl (C=O) groups excluding carboxylic acids is 2. The van der Waals surface area contributed by atoms with Gasteiger partial charge in [-0.15, -0.1) is 0 Å². The molecule has 2 amide bonds. The normalized spacial score (nSPS) is 19.1. The molecule has 1 atom stereocenters. The van der Waals surface area contributed by atoms with Crippen LogP contribution >= 0.6 is 0 Å². The molecule has 2 aliphatic rings. The lowest BCUT2D eigenvalue weighted by molar-refractivity contribution is -0.384. The highest BCUT2D eigenvalue weighted by atomic mass is 19.4. The summed E-state index contributed by atoms with van der Waals surface area (Å²) in [6.07, 6.45) is -2.09. The summed E-state index contributed by atoms with van der Waals surface area (Å²) in [6, 6.07) is 4.96. The van der Waals surface area contributed by atoms with E-state index in [1.807, 2.05) is 0 Å². The minimum absolute atomic E-state index is 0.0792. The van der Waals surface area contributed by atoms with E-state index in [0.717, 1.165) is 12.1 Å². The SMILES string of the molecule is O=C(C1CCCN1C(=O)c1ccco1)N1CCN(c2ccc(C(F)(F)F)cc2[N+](=O)[O-])CC1. The van der Waals surface area contributed by atoms with Gasteiger partial charge in [0.25, 0.3) is 11.6 Å². The molecule has 1 aromatic carbocycles. The third kappa shape index (κ3) is 4.50. The lowest BCUT2D eigenvalue weighted by Crippen LogP contribution is -2.54. The quantitative estimate of drug-likeness (QED) is 0.507. The van der Waals surface area contributed by atoms with Gasteiger partial charge in [0.2, 0.25) is 5.91 Å². The van der Waals surface area contributed by atoms with E-state index in [9.17, 15) is 32.9 Å². The van der Waals surface area contributed by atoms with Crippen LogP contribution in [0.1, 0.15) is 29.0 Å². The van der Waals surface area contributed by atoms with Gasteiger partial charge < -0.3 is 19.1 Å². The third-order valence-corrected chi connectivity index (χ3v) is 5.96. The predicted molar refractivity (Wildman–Crippen MR) is 110 cm³/mol. The third-order valence-electron chi connectivity index (χ3n) is 5.96. The summed E-state index contributed by atoms with van der Waals surface area (Å²) in [5.74, 6) is -0.405. The molecule has 9 nitrogen and oxygen atoms in total. The fourth-order valence-corrected chi connectivity index (χ4v) is 4.30. The maximum Gasteiger partial charge on any atom is 0.416 e. The second kappa shape index (κ2) is 8.75. The highest BCUT2D eigenvalue weighted by Gasteiger charge is 2.39. The Hall–Kier alpha value is -3.57. The van der Waals surface area contributed by atoms with Crippen LogP contribution in [0.2, 0.25) is 0 Å². The van der Waals surface area contributed by atoms with Gasteiger partial charge in [-0.25, -0.2) is 0 Å². The number of hydrogen-bond acceptors (Lipinski definition) is 6. The Morgan fingerprint density at radius 1 is 1.09 bits per heavy atom. The van der Waals surface area contributed by atoms with E-state index in [-0.39, 0.29) is 49.4 Å². The minimum Gasteiger partial charge on any atom is -0.459 e. The van der Waals surface area contributed by atoms with E-state index in [0.29, 0.717) is 25.5 Å². The average molecular weight is 466 g/mol. The Labute approximate surface area is 186 Å². The summed E-state index contributed by atoms with van der Waals surface area (Å²) in [6.45, 7) is 1.34. The molecule has 4 rings (SSSR count). The van der Waals surface area contributed by atoms with Crippen LogP contribution in [0.5, 0.6) is 0 Å². The number of likely N-dealkylation sites (tertiary alicyclic amines) is 1. The number of nitro benzene ring substituents is 1. The summed E-state index contributed by atoms with van der Waals surface area (Å²) in [5, 5.41) is 11.4. The zero-order valence-electron chi connectivity index (χ0n) is 17.5. The van der Waals surface area contributed by atoms with Gasteiger partial charge in [-0.05, 0) is 37.1 Å². The minimum atomic E-state index is -4.69. The molecule has 2 aliphatic heterocycles. The predicted octanol–water partition coefficient (Wildman–Crippen LogP) is 3.16. The molecule has 0 N–H and O–H groups in total. The highest BCUT2D eigenvalue weighted by Crippen LogP contribution is 2.37. The topological polar surface area (TPSA) is 100 Å². The first-order valence-corrected chi connectivity index (χ1v) is 10.4. The van der Waals surface area contributed by atoms with Gasteiger partial charge in [0.1, 0.15) is 11.7 Å². The maximum absolute atomic E-state index is 13.1. The monoisotopic (exact) mass is 466 g/mol. The van der Waals surface area contributed by atoms with Gasteiger partial charge in [0.15, 0.2) is 5.76 Å². The molecular formula is C21H21F3N4O5. The summed E-state index contributed by atoms with van der Waals surface area (Å²) in [7, 11) is 0. The van der Waals surface area contributed by atoms with Crippen LogP contribution in [0, 0.1) is 10.1 Å². The molecule has 176 valence electrons. The van der Waals surface area contributed by atoms with Crippen LogP contribution in [0.3, 0.4) is 0 Å². The zero-order chi connectivity index (χ0) is 23.8. The Kier molecular flexibility index (Phi) is 6.00. The number of hydrogen-bond donors (Lipinski definition) is 0.